The number of benzene rings is 3. The fourth-order valence-corrected chi connectivity index (χ4v) is 6.69. The molecule has 0 aliphatic heterocycles. The molecule has 0 amide bonds. The molecule has 0 aliphatic carbocycles. The van der Waals surface area contributed by atoms with Gasteiger partial charge in [-0.3, -0.25) is 14.3 Å². The van der Waals surface area contributed by atoms with Crippen molar-refractivity contribution in [3.8, 4) is 5.13 Å². The van der Waals surface area contributed by atoms with E-state index >= 15 is 0 Å². The molecule has 7 rings (SSSR count). The van der Waals surface area contributed by atoms with Gasteiger partial charge in [0.05, 0.1) is 27.7 Å². The molecule has 7 nitrogen and oxygen atoms in total. The average molecular weight is 611 g/mol. The maximum absolute atomic E-state index is 14.1. The molecule has 4 heterocycles. The van der Waals surface area contributed by atoms with Gasteiger partial charge in [0, 0.05) is 39.9 Å². The van der Waals surface area contributed by atoms with E-state index in [9.17, 15) is 9.59 Å². The Kier molecular flexibility index (Phi) is 6.05. The first-order valence-electron chi connectivity index (χ1n) is 13.0. The lowest BCUT2D eigenvalue weighted by molar-refractivity contribution is 0.610. The fraction of sp³-hybridized carbons (Fsp3) is 0.129. The van der Waals surface area contributed by atoms with Gasteiger partial charge in [0.25, 0.3) is 11.1 Å². The summed E-state index contributed by atoms with van der Waals surface area (Å²) in [6.45, 7) is 2.76. The van der Waals surface area contributed by atoms with E-state index in [0.29, 0.717) is 41.2 Å². The van der Waals surface area contributed by atoms with Crippen molar-refractivity contribution in [3.63, 3.8) is 0 Å². The molecular weight excluding hydrogens is 586 g/mol. The highest BCUT2D eigenvalue weighted by Gasteiger charge is 2.22. The van der Waals surface area contributed by atoms with Crippen LogP contribution in [-0.4, -0.2) is 23.9 Å². The molecule has 0 saturated heterocycles. The van der Waals surface area contributed by atoms with Crippen LogP contribution in [0.4, 0.5) is 0 Å². The lowest BCUT2D eigenvalue weighted by atomic mass is 10.1. The van der Waals surface area contributed by atoms with Gasteiger partial charge in [-0.2, -0.15) is 4.68 Å². The molecule has 0 atom stereocenters. The number of nitrogens with zero attached hydrogens (tertiary/aromatic N) is 4. The molecule has 198 valence electrons. The summed E-state index contributed by atoms with van der Waals surface area (Å²) in [5.41, 5.74) is 5.03. The largest absolute Gasteiger partial charge is 0.361 e. The quantitative estimate of drug-likeness (QED) is 0.237. The van der Waals surface area contributed by atoms with Gasteiger partial charge in [0.15, 0.2) is 0 Å². The number of nitrogens with one attached hydrogen (secondary N) is 1. The molecule has 4 aromatic heterocycles. The van der Waals surface area contributed by atoms with Gasteiger partial charge in [0.1, 0.15) is 0 Å². The number of aromatic amines is 1. The zero-order valence-electron chi connectivity index (χ0n) is 21.6. The molecule has 3 aromatic carbocycles. The third-order valence-electron chi connectivity index (χ3n) is 7.46. The van der Waals surface area contributed by atoms with Crippen molar-refractivity contribution in [1.82, 2.24) is 23.9 Å². The van der Waals surface area contributed by atoms with Crippen LogP contribution in [0.2, 0.25) is 0 Å². The Morgan fingerprint density at radius 2 is 1.75 bits per heavy atom. The molecule has 9 heteroatoms. The number of aromatic nitrogens is 5. The molecule has 0 aliphatic rings. The number of hydrogen-bond donors (Lipinski definition) is 1. The number of hydrogen-bond acceptors (Lipinski definition) is 4. The topological polar surface area (TPSA) is 77.6 Å². The molecule has 7 aromatic rings. The first-order valence-corrected chi connectivity index (χ1v) is 14.6. The van der Waals surface area contributed by atoms with Crippen LogP contribution in [-0.2, 0) is 19.5 Å². The van der Waals surface area contributed by atoms with Crippen LogP contribution in [0.5, 0.6) is 0 Å². The van der Waals surface area contributed by atoms with Gasteiger partial charge in [-0.15, -0.1) is 0 Å². The summed E-state index contributed by atoms with van der Waals surface area (Å²) < 4.78 is 7.22. The van der Waals surface area contributed by atoms with E-state index in [0.717, 1.165) is 36.7 Å². The summed E-state index contributed by atoms with van der Waals surface area (Å²) in [5.74, 6) is 0. The summed E-state index contributed by atoms with van der Waals surface area (Å²) in [5, 5.41) is 2.26. The number of aryl methyl sites for hydroxylation is 2. The predicted octanol–water partition coefficient (Wildman–Crippen LogP) is 6.41. The van der Waals surface area contributed by atoms with Crippen molar-refractivity contribution in [1.29, 1.82) is 0 Å². The highest BCUT2D eigenvalue weighted by atomic mass is 79.9. The smallest absolute Gasteiger partial charge is 0.283 e. The molecule has 0 saturated carbocycles. The highest BCUT2D eigenvalue weighted by Crippen LogP contribution is 2.27. The van der Waals surface area contributed by atoms with E-state index in [2.05, 4.69) is 27.0 Å². The molecule has 1 N–H and O–H groups in total. The van der Waals surface area contributed by atoms with E-state index in [-0.39, 0.29) is 11.1 Å². The third-order valence-corrected chi connectivity index (χ3v) is 9.00. The van der Waals surface area contributed by atoms with Crippen LogP contribution in [0.25, 0.3) is 37.2 Å². The predicted molar refractivity (Wildman–Crippen MR) is 165 cm³/mol. The molecule has 0 bridgehead atoms. The molecule has 0 spiro atoms. The fourth-order valence-electron chi connectivity index (χ4n) is 5.45. The van der Waals surface area contributed by atoms with Gasteiger partial charge < -0.3 is 9.55 Å². The van der Waals surface area contributed by atoms with Crippen LogP contribution in [0, 0.1) is 6.92 Å². The van der Waals surface area contributed by atoms with E-state index < -0.39 is 0 Å². The second-order valence-electron chi connectivity index (χ2n) is 9.85. The van der Waals surface area contributed by atoms with Gasteiger partial charge in [-0.05, 0) is 54.8 Å². The number of pyridine rings is 1. The summed E-state index contributed by atoms with van der Waals surface area (Å²) in [4.78, 5) is 35.8. The normalized spacial score (nSPS) is 11.8. The van der Waals surface area contributed by atoms with Crippen LogP contribution in [0.15, 0.2) is 99.1 Å². The van der Waals surface area contributed by atoms with Gasteiger partial charge >= 0.3 is 0 Å². The SMILES string of the molecule is Cc1c2c(=O)n(-c3nc4ccccc4s3)n(Cc3ccc(Br)cc3)c2cc(=O)n1CCc1c[nH]c2ccccc12. The van der Waals surface area contributed by atoms with E-state index in [4.69, 9.17) is 4.98 Å². The van der Waals surface area contributed by atoms with Gasteiger partial charge in [-0.25, -0.2) is 4.98 Å². The second-order valence-corrected chi connectivity index (χ2v) is 11.8. The van der Waals surface area contributed by atoms with E-state index in [1.807, 2.05) is 84.5 Å². The minimum absolute atomic E-state index is 0.129. The van der Waals surface area contributed by atoms with Gasteiger partial charge in [0.2, 0.25) is 5.13 Å². The molecule has 0 unspecified atom stereocenters. The van der Waals surface area contributed by atoms with Crippen LogP contribution < -0.4 is 11.1 Å². The Morgan fingerprint density at radius 3 is 2.58 bits per heavy atom. The van der Waals surface area contributed by atoms with Crippen molar-refractivity contribution in [2.75, 3.05) is 0 Å². The Hall–Kier alpha value is -4.21. The maximum Gasteiger partial charge on any atom is 0.283 e. The summed E-state index contributed by atoms with van der Waals surface area (Å²) in [7, 11) is 0. The summed E-state index contributed by atoms with van der Waals surface area (Å²) in [6, 6.07) is 25.6. The maximum atomic E-state index is 14.1. The van der Waals surface area contributed by atoms with Crippen molar-refractivity contribution < 1.29 is 0 Å². The minimum atomic E-state index is -0.176. The number of thiazole rings is 1. The zero-order valence-corrected chi connectivity index (χ0v) is 24.0. The molecule has 40 heavy (non-hydrogen) atoms. The lowest BCUT2D eigenvalue weighted by Crippen LogP contribution is -2.24. The van der Waals surface area contributed by atoms with Crippen molar-refractivity contribution in [2.24, 2.45) is 0 Å². The summed E-state index contributed by atoms with van der Waals surface area (Å²) >= 11 is 4.96. The average Bonchev–Trinajstić information content (AvgIpc) is 3.64. The number of halogens is 1. The van der Waals surface area contributed by atoms with Crippen LogP contribution >= 0.6 is 27.3 Å². The number of fused-ring (bicyclic) bond motifs is 3. The Labute approximate surface area is 241 Å². The zero-order chi connectivity index (χ0) is 27.4. The minimum Gasteiger partial charge on any atom is -0.361 e. The Balaban J connectivity index is 1.39. The second kappa shape index (κ2) is 9.76. The standard InChI is InChI=1S/C31H24BrN5O2S/c1-19-29-26(16-28(38)35(19)15-14-21-17-33-24-7-3-2-6-23(21)24)36(18-20-10-12-22(32)13-11-20)37(30(29)39)31-34-25-8-4-5-9-27(25)40-31/h2-13,16-17,33H,14-15,18H2,1H3. The van der Waals surface area contributed by atoms with Gasteiger partial charge in [-0.1, -0.05) is 69.7 Å². The Bertz CT molecular complexity index is 2130. The summed E-state index contributed by atoms with van der Waals surface area (Å²) in [6.07, 6.45) is 2.67. The Morgan fingerprint density at radius 1 is 0.975 bits per heavy atom. The highest BCUT2D eigenvalue weighted by molar-refractivity contribution is 9.10. The van der Waals surface area contributed by atoms with E-state index in [1.165, 1.54) is 11.3 Å². The van der Waals surface area contributed by atoms with Crippen LogP contribution in [0.3, 0.4) is 0 Å². The van der Waals surface area contributed by atoms with E-state index in [1.54, 1.807) is 15.3 Å². The molecular formula is C31H24BrN5O2S. The first kappa shape index (κ1) is 24.8. The third kappa shape index (κ3) is 4.13. The van der Waals surface area contributed by atoms with Crippen molar-refractivity contribution in [2.45, 2.75) is 26.4 Å². The lowest BCUT2D eigenvalue weighted by Gasteiger charge is -2.13. The monoisotopic (exact) mass is 609 g/mol. The van der Waals surface area contributed by atoms with Crippen molar-refractivity contribution in [3.05, 3.63) is 127 Å². The number of rotatable bonds is 6. The first-order chi connectivity index (χ1) is 19.5. The van der Waals surface area contributed by atoms with Crippen LogP contribution in [0.1, 0.15) is 16.8 Å². The molecule has 0 radical (unpaired) electrons. The molecule has 0 fully saturated rings. The van der Waals surface area contributed by atoms with Crippen molar-refractivity contribution >= 4 is 59.3 Å². The number of H-pyrrole nitrogens is 1. The number of para-hydroxylation sites is 2.